The normalized spacial score (nSPS) is 17.7. The van der Waals surface area contributed by atoms with E-state index in [-0.39, 0.29) is 24.1 Å². The van der Waals surface area contributed by atoms with Gasteiger partial charge in [0.2, 0.25) is 5.91 Å². The Bertz CT molecular complexity index is 896. The number of anilines is 1. The first-order chi connectivity index (χ1) is 13.0. The van der Waals surface area contributed by atoms with Gasteiger partial charge in [-0.2, -0.15) is 5.26 Å². The monoisotopic (exact) mass is 365 g/mol. The average molecular weight is 365 g/mol. The minimum Gasteiger partial charge on any atom is -0.459 e. The number of imide groups is 1. The summed E-state index contributed by atoms with van der Waals surface area (Å²) in [5.41, 5.74) is 0.824. The maximum Gasteiger partial charge on any atom is 0.290 e. The van der Waals surface area contributed by atoms with Crippen molar-refractivity contribution in [3.05, 3.63) is 54.0 Å². The molecule has 2 heterocycles. The molecule has 1 aromatic heterocycles. The zero-order valence-corrected chi connectivity index (χ0v) is 15.1. The molecule has 2 aromatic rings. The number of nitrogens with zero attached hydrogens (tertiary/aromatic N) is 3. The van der Waals surface area contributed by atoms with Crippen LogP contribution in [0, 0.1) is 11.3 Å². The molecule has 1 saturated heterocycles. The smallest absolute Gasteiger partial charge is 0.290 e. The van der Waals surface area contributed by atoms with Crippen LogP contribution in [-0.4, -0.2) is 34.7 Å². The Morgan fingerprint density at radius 1 is 1.33 bits per heavy atom. The van der Waals surface area contributed by atoms with E-state index in [0.717, 1.165) is 4.90 Å². The number of hydrogen-bond donors (Lipinski definition) is 0. The Hall–Kier alpha value is -3.40. The summed E-state index contributed by atoms with van der Waals surface area (Å²) in [4.78, 5) is 41.0. The Labute approximate surface area is 156 Å². The zero-order chi connectivity index (χ0) is 19.6. The minimum atomic E-state index is -0.888. The molecule has 1 aliphatic rings. The molecule has 2 atom stereocenters. The van der Waals surface area contributed by atoms with E-state index < -0.39 is 17.9 Å². The van der Waals surface area contributed by atoms with Gasteiger partial charge in [0, 0.05) is 6.04 Å². The summed E-state index contributed by atoms with van der Waals surface area (Å²) in [5.74, 6) is -1.12. The highest BCUT2D eigenvalue weighted by Crippen LogP contribution is 2.28. The summed E-state index contributed by atoms with van der Waals surface area (Å²) in [7, 11) is 0. The van der Waals surface area contributed by atoms with Gasteiger partial charge in [-0.25, -0.2) is 4.90 Å². The van der Waals surface area contributed by atoms with Crippen molar-refractivity contribution < 1.29 is 18.8 Å². The third kappa shape index (κ3) is 3.34. The van der Waals surface area contributed by atoms with Gasteiger partial charge in [-0.05, 0) is 49.7 Å². The number of amides is 3. The first-order valence-corrected chi connectivity index (χ1v) is 8.71. The molecule has 0 spiro atoms. The summed E-state index contributed by atoms with van der Waals surface area (Å²) in [6.07, 6.45) is 1.93. The molecule has 1 aromatic carbocycles. The van der Waals surface area contributed by atoms with Crippen LogP contribution in [0.25, 0.3) is 0 Å². The highest BCUT2D eigenvalue weighted by Gasteiger charge is 2.46. The molecule has 138 valence electrons. The van der Waals surface area contributed by atoms with E-state index >= 15 is 0 Å². The predicted molar refractivity (Wildman–Crippen MR) is 96.7 cm³/mol. The fraction of sp³-hybridized carbons (Fsp3) is 0.300. The molecule has 0 N–H and O–H groups in total. The Kier molecular flexibility index (Phi) is 5.08. The highest BCUT2D eigenvalue weighted by molar-refractivity contribution is 6.23. The molecule has 0 bridgehead atoms. The van der Waals surface area contributed by atoms with Gasteiger partial charge in [0.15, 0.2) is 5.76 Å². The van der Waals surface area contributed by atoms with Gasteiger partial charge in [0.05, 0.1) is 30.0 Å². The van der Waals surface area contributed by atoms with Crippen molar-refractivity contribution in [3.63, 3.8) is 0 Å². The van der Waals surface area contributed by atoms with Crippen molar-refractivity contribution >= 4 is 23.4 Å². The van der Waals surface area contributed by atoms with Crippen LogP contribution in [0.3, 0.4) is 0 Å². The van der Waals surface area contributed by atoms with Crippen LogP contribution in [-0.2, 0) is 9.59 Å². The second-order valence-electron chi connectivity index (χ2n) is 6.39. The van der Waals surface area contributed by atoms with E-state index in [9.17, 15) is 14.4 Å². The van der Waals surface area contributed by atoms with Crippen molar-refractivity contribution in [2.75, 3.05) is 4.90 Å². The number of carbonyl (C=O) groups excluding carboxylic acids is 3. The Morgan fingerprint density at radius 2 is 2.04 bits per heavy atom. The van der Waals surface area contributed by atoms with E-state index in [1.807, 2.05) is 19.9 Å². The third-order valence-electron chi connectivity index (χ3n) is 4.75. The predicted octanol–water partition coefficient (Wildman–Crippen LogP) is 2.72. The van der Waals surface area contributed by atoms with Crippen molar-refractivity contribution in [2.24, 2.45) is 0 Å². The standard InChI is InChI=1S/C20H19N3O4/c1-3-13(2)22(20(26)17-5-4-10-27-17)16-11-18(24)23(19(16)25)15-8-6-14(12-21)7-9-15/h4-10,13,16H,3,11H2,1-2H3. The van der Waals surface area contributed by atoms with E-state index in [1.165, 1.54) is 17.2 Å². The lowest BCUT2D eigenvalue weighted by molar-refractivity contribution is -0.122. The summed E-state index contributed by atoms with van der Waals surface area (Å²) in [6, 6.07) is 10.2. The highest BCUT2D eigenvalue weighted by atomic mass is 16.3. The molecule has 0 aliphatic carbocycles. The minimum absolute atomic E-state index is 0.0877. The van der Waals surface area contributed by atoms with Gasteiger partial charge in [-0.3, -0.25) is 14.4 Å². The number of benzene rings is 1. The topological polar surface area (TPSA) is 94.6 Å². The van der Waals surface area contributed by atoms with Gasteiger partial charge in [-0.1, -0.05) is 6.92 Å². The fourth-order valence-electron chi connectivity index (χ4n) is 3.16. The number of carbonyl (C=O) groups is 3. The maximum atomic E-state index is 13.0. The third-order valence-corrected chi connectivity index (χ3v) is 4.75. The van der Waals surface area contributed by atoms with E-state index in [0.29, 0.717) is 17.7 Å². The van der Waals surface area contributed by atoms with Gasteiger partial charge in [0.25, 0.3) is 11.8 Å². The van der Waals surface area contributed by atoms with E-state index in [2.05, 4.69) is 0 Å². The Morgan fingerprint density at radius 3 is 2.59 bits per heavy atom. The van der Waals surface area contributed by atoms with Crippen LogP contribution in [0.1, 0.15) is 42.8 Å². The lowest BCUT2D eigenvalue weighted by Crippen LogP contribution is -2.49. The lowest BCUT2D eigenvalue weighted by Gasteiger charge is -2.32. The van der Waals surface area contributed by atoms with Crippen LogP contribution in [0.5, 0.6) is 0 Å². The van der Waals surface area contributed by atoms with Gasteiger partial charge in [0.1, 0.15) is 6.04 Å². The number of furan rings is 1. The first-order valence-electron chi connectivity index (χ1n) is 8.71. The first kappa shape index (κ1) is 18.4. The molecule has 1 fully saturated rings. The molecule has 7 heteroatoms. The van der Waals surface area contributed by atoms with E-state index in [1.54, 1.807) is 30.3 Å². The van der Waals surface area contributed by atoms with Crippen LogP contribution in [0.2, 0.25) is 0 Å². The van der Waals surface area contributed by atoms with Crippen LogP contribution < -0.4 is 4.90 Å². The molecule has 1 aliphatic heterocycles. The molecular formula is C20H19N3O4. The lowest BCUT2D eigenvalue weighted by atomic mass is 10.1. The number of rotatable bonds is 5. The molecule has 3 rings (SSSR count). The van der Waals surface area contributed by atoms with Crippen molar-refractivity contribution in [1.29, 1.82) is 5.26 Å². The molecular weight excluding hydrogens is 346 g/mol. The van der Waals surface area contributed by atoms with E-state index in [4.69, 9.17) is 9.68 Å². The SMILES string of the molecule is CCC(C)N(C(=O)c1ccco1)C1CC(=O)N(c2ccc(C#N)cc2)C1=O. The number of hydrogen-bond acceptors (Lipinski definition) is 5. The molecule has 7 nitrogen and oxygen atoms in total. The Balaban J connectivity index is 1.92. The van der Waals surface area contributed by atoms with Gasteiger partial charge >= 0.3 is 0 Å². The number of nitriles is 1. The zero-order valence-electron chi connectivity index (χ0n) is 15.1. The van der Waals surface area contributed by atoms with Crippen molar-refractivity contribution in [1.82, 2.24) is 4.90 Å². The van der Waals surface area contributed by atoms with Gasteiger partial charge < -0.3 is 9.32 Å². The van der Waals surface area contributed by atoms with Crippen molar-refractivity contribution in [3.8, 4) is 6.07 Å². The summed E-state index contributed by atoms with van der Waals surface area (Å²) < 4.78 is 5.20. The molecule has 0 radical (unpaired) electrons. The molecule has 0 saturated carbocycles. The largest absolute Gasteiger partial charge is 0.459 e. The summed E-state index contributed by atoms with van der Waals surface area (Å²) >= 11 is 0. The molecule has 27 heavy (non-hydrogen) atoms. The quantitative estimate of drug-likeness (QED) is 0.759. The average Bonchev–Trinajstić information content (AvgIpc) is 3.31. The molecule has 2 unspecified atom stereocenters. The van der Waals surface area contributed by atoms with Crippen LogP contribution in [0.4, 0.5) is 5.69 Å². The van der Waals surface area contributed by atoms with Gasteiger partial charge in [-0.15, -0.1) is 0 Å². The summed E-state index contributed by atoms with van der Waals surface area (Å²) in [6.45, 7) is 3.75. The second kappa shape index (κ2) is 7.46. The molecule has 3 amide bonds. The summed E-state index contributed by atoms with van der Waals surface area (Å²) in [5, 5.41) is 8.90. The maximum absolute atomic E-state index is 13.0. The fourth-order valence-corrected chi connectivity index (χ4v) is 3.16. The van der Waals surface area contributed by atoms with Crippen molar-refractivity contribution in [2.45, 2.75) is 38.8 Å². The van der Waals surface area contributed by atoms with Crippen LogP contribution >= 0.6 is 0 Å². The van der Waals surface area contributed by atoms with Crippen LogP contribution in [0.15, 0.2) is 47.1 Å². The second-order valence-corrected chi connectivity index (χ2v) is 6.39.